The van der Waals surface area contributed by atoms with Gasteiger partial charge in [0.15, 0.2) is 0 Å². The van der Waals surface area contributed by atoms with Gasteiger partial charge in [0.05, 0.1) is 30.9 Å². The molecule has 0 aliphatic rings. The lowest BCUT2D eigenvalue weighted by atomic mass is 10.1. The van der Waals surface area contributed by atoms with Crippen LogP contribution < -0.4 is 5.73 Å². The van der Waals surface area contributed by atoms with Crippen LogP contribution in [-0.2, 0) is 6.54 Å². The summed E-state index contributed by atoms with van der Waals surface area (Å²) in [6, 6.07) is 10.3. The first-order valence-corrected chi connectivity index (χ1v) is 6.73. The lowest BCUT2D eigenvalue weighted by molar-refractivity contribution is 0.0736. The smallest absolute Gasteiger partial charge is 0.256 e. The first-order valence-electron chi connectivity index (χ1n) is 6.35. The number of anilines is 1. The average molecular weight is 304 g/mol. The fourth-order valence-corrected chi connectivity index (χ4v) is 2.11. The maximum atomic E-state index is 12.6. The van der Waals surface area contributed by atoms with Crippen LogP contribution >= 0.6 is 11.6 Å². The molecule has 1 heterocycles. The Kier molecular flexibility index (Phi) is 4.85. The van der Waals surface area contributed by atoms with Crippen molar-refractivity contribution >= 4 is 23.2 Å². The molecule has 0 saturated carbocycles. The summed E-state index contributed by atoms with van der Waals surface area (Å²) in [6.07, 6.45) is 1.78. The number of benzene rings is 1. The Hall–Kier alpha value is -2.45. The van der Waals surface area contributed by atoms with Crippen molar-refractivity contribution in [1.82, 2.24) is 4.90 Å². The maximum absolute atomic E-state index is 12.6. The summed E-state index contributed by atoms with van der Waals surface area (Å²) >= 11 is 5.84. The molecule has 0 unspecified atom stereocenters. The third-order valence-corrected chi connectivity index (χ3v) is 3.19. The molecular formula is C15H14ClN3O2. The fraction of sp³-hybridized carbons (Fsp3) is 0.200. The number of hydrogen-bond acceptors (Lipinski definition) is 4. The number of furan rings is 1. The highest BCUT2D eigenvalue weighted by molar-refractivity contribution is 6.31. The van der Waals surface area contributed by atoms with Gasteiger partial charge in [0.1, 0.15) is 5.76 Å². The number of amides is 1. The van der Waals surface area contributed by atoms with Crippen molar-refractivity contribution < 1.29 is 9.21 Å². The highest BCUT2D eigenvalue weighted by atomic mass is 35.5. The Bertz CT molecular complexity index is 662. The van der Waals surface area contributed by atoms with Crippen molar-refractivity contribution in [2.45, 2.75) is 13.0 Å². The van der Waals surface area contributed by atoms with Gasteiger partial charge in [-0.3, -0.25) is 4.79 Å². The molecule has 0 atom stereocenters. The van der Waals surface area contributed by atoms with E-state index in [9.17, 15) is 4.79 Å². The fourth-order valence-electron chi connectivity index (χ4n) is 1.93. The van der Waals surface area contributed by atoms with Crippen LogP contribution in [-0.4, -0.2) is 17.4 Å². The summed E-state index contributed by atoms with van der Waals surface area (Å²) in [5, 5.41) is 9.20. The van der Waals surface area contributed by atoms with Gasteiger partial charge in [-0.2, -0.15) is 5.26 Å². The molecule has 0 aliphatic heterocycles. The molecule has 1 amide bonds. The van der Waals surface area contributed by atoms with Crippen LogP contribution in [0.5, 0.6) is 0 Å². The molecule has 1 aromatic heterocycles. The summed E-state index contributed by atoms with van der Waals surface area (Å²) in [6.45, 7) is 0.591. The molecular weight excluding hydrogens is 290 g/mol. The van der Waals surface area contributed by atoms with E-state index in [-0.39, 0.29) is 18.9 Å². The molecule has 2 N–H and O–H groups in total. The Labute approximate surface area is 127 Å². The third-order valence-electron chi connectivity index (χ3n) is 2.95. The molecule has 2 rings (SSSR count). The van der Waals surface area contributed by atoms with Crippen molar-refractivity contribution in [2.75, 3.05) is 12.3 Å². The number of nitrogen functional groups attached to an aromatic ring is 1. The van der Waals surface area contributed by atoms with Crippen LogP contribution in [0.2, 0.25) is 5.02 Å². The number of rotatable bonds is 5. The lowest BCUT2D eigenvalue weighted by Gasteiger charge is -2.21. The van der Waals surface area contributed by atoms with Gasteiger partial charge in [-0.15, -0.1) is 0 Å². The monoisotopic (exact) mass is 303 g/mol. The molecule has 0 aliphatic carbocycles. The van der Waals surface area contributed by atoms with Gasteiger partial charge in [0.2, 0.25) is 0 Å². The second-order valence-corrected chi connectivity index (χ2v) is 4.88. The summed E-state index contributed by atoms with van der Waals surface area (Å²) in [5.74, 6) is 0.393. The van der Waals surface area contributed by atoms with Gasteiger partial charge < -0.3 is 15.1 Å². The highest BCUT2D eigenvalue weighted by Crippen LogP contribution is 2.20. The van der Waals surface area contributed by atoms with Crippen molar-refractivity contribution in [3.05, 3.63) is 52.9 Å². The van der Waals surface area contributed by atoms with Gasteiger partial charge in [0, 0.05) is 17.3 Å². The number of carbonyl (C=O) groups is 1. The highest BCUT2D eigenvalue weighted by Gasteiger charge is 2.19. The standard InChI is InChI=1S/C15H14ClN3O2/c16-11-4-5-13(14(18)9-11)15(20)19(7-2-6-17)10-12-3-1-8-21-12/h1,3-5,8-9H,2,7,10,18H2. The zero-order chi connectivity index (χ0) is 15.2. The van der Waals surface area contributed by atoms with Gasteiger partial charge in [-0.05, 0) is 30.3 Å². The Balaban J connectivity index is 2.22. The van der Waals surface area contributed by atoms with Gasteiger partial charge >= 0.3 is 0 Å². The number of halogens is 1. The summed E-state index contributed by atoms with van der Waals surface area (Å²) < 4.78 is 5.25. The van der Waals surface area contributed by atoms with Crippen LogP contribution in [0.15, 0.2) is 41.0 Å². The van der Waals surface area contributed by atoms with E-state index < -0.39 is 0 Å². The van der Waals surface area contributed by atoms with E-state index in [1.165, 1.54) is 11.0 Å². The van der Waals surface area contributed by atoms with Crippen molar-refractivity contribution in [3.63, 3.8) is 0 Å². The lowest BCUT2D eigenvalue weighted by Crippen LogP contribution is -2.31. The van der Waals surface area contributed by atoms with E-state index in [0.29, 0.717) is 28.6 Å². The quantitative estimate of drug-likeness (QED) is 0.860. The molecule has 0 fully saturated rings. The van der Waals surface area contributed by atoms with Crippen LogP contribution in [0.1, 0.15) is 22.5 Å². The number of nitrogens with two attached hydrogens (primary N) is 1. The number of hydrogen-bond donors (Lipinski definition) is 1. The van der Waals surface area contributed by atoms with Crippen LogP contribution in [0.25, 0.3) is 0 Å². The van der Waals surface area contributed by atoms with Gasteiger partial charge in [0.25, 0.3) is 5.91 Å². The zero-order valence-electron chi connectivity index (χ0n) is 11.3. The zero-order valence-corrected chi connectivity index (χ0v) is 12.0. The maximum Gasteiger partial charge on any atom is 0.256 e. The molecule has 6 heteroatoms. The van der Waals surface area contributed by atoms with Crippen molar-refractivity contribution in [3.8, 4) is 6.07 Å². The third kappa shape index (κ3) is 3.77. The molecule has 21 heavy (non-hydrogen) atoms. The second-order valence-electron chi connectivity index (χ2n) is 4.45. The SMILES string of the molecule is N#CCCN(Cc1ccco1)C(=O)c1ccc(Cl)cc1N. The molecule has 0 saturated heterocycles. The van der Waals surface area contributed by atoms with Crippen LogP contribution in [0.3, 0.4) is 0 Å². The van der Waals surface area contributed by atoms with E-state index in [4.69, 9.17) is 27.0 Å². The first-order chi connectivity index (χ1) is 10.1. The topological polar surface area (TPSA) is 83.3 Å². The Morgan fingerprint density at radius 1 is 1.43 bits per heavy atom. The number of nitrogens with zero attached hydrogens (tertiary/aromatic N) is 2. The summed E-state index contributed by atoms with van der Waals surface area (Å²) in [5.41, 5.74) is 6.52. The molecule has 2 aromatic rings. The van der Waals surface area contributed by atoms with Gasteiger partial charge in [-0.1, -0.05) is 11.6 Å². The van der Waals surface area contributed by atoms with E-state index in [1.807, 2.05) is 6.07 Å². The number of carbonyl (C=O) groups excluding carboxylic acids is 1. The minimum Gasteiger partial charge on any atom is -0.467 e. The molecule has 1 aromatic carbocycles. The Morgan fingerprint density at radius 3 is 2.86 bits per heavy atom. The summed E-state index contributed by atoms with van der Waals surface area (Å²) in [4.78, 5) is 14.1. The molecule has 108 valence electrons. The van der Waals surface area contributed by atoms with Crippen molar-refractivity contribution in [2.24, 2.45) is 0 Å². The van der Waals surface area contributed by atoms with E-state index >= 15 is 0 Å². The predicted octanol–water partition coefficient (Wildman–Crippen LogP) is 3.07. The van der Waals surface area contributed by atoms with E-state index in [2.05, 4.69) is 0 Å². The minimum atomic E-state index is -0.254. The number of nitriles is 1. The molecule has 0 bridgehead atoms. The second kappa shape index (κ2) is 6.82. The van der Waals surface area contributed by atoms with Crippen molar-refractivity contribution in [1.29, 1.82) is 5.26 Å². The first kappa shape index (κ1) is 14.9. The molecule has 5 nitrogen and oxygen atoms in total. The largest absolute Gasteiger partial charge is 0.467 e. The van der Waals surface area contributed by atoms with Crippen LogP contribution in [0, 0.1) is 11.3 Å². The van der Waals surface area contributed by atoms with Crippen LogP contribution in [0.4, 0.5) is 5.69 Å². The normalized spacial score (nSPS) is 10.1. The van der Waals surface area contributed by atoms with E-state index in [1.54, 1.807) is 30.5 Å². The van der Waals surface area contributed by atoms with Gasteiger partial charge in [-0.25, -0.2) is 0 Å². The Morgan fingerprint density at radius 2 is 2.24 bits per heavy atom. The molecule has 0 spiro atoms. The summed E-state index contributed by atoms with van der Waals surface area (Å²) in [7, 11) is 0. The minimum absolute atomic E-state index is 0.236. The molecule has 0 radical (unpaired) electrons. The predicted molar refractivity (Wildman–Crippen MR) is 79.5 cm³/mol. The van der Waals surface area contributed by atoms with E-state index in [0.717, 1.165) is 0 Å². The average Bonchev–Trinajstić information content (AvgIpc) is 2.95.